The first-order valence-electron chi connectivity index (χ1n) is 5.05. The summed E-state index contributed by atoms with van der Waals surface area (Å²) in [6, 6.07) is 6.05. The standard InChI is InChI=1S/C13H10O2S/c1-7-12-9(14)6-10(15-2)8-4-3-5-11(16-7)13(8)12/h3-6H,1-2H3. The molecule has 1 aromatic heterocycles. The van der Waals surface area contributed by atoms with Crippen LogP contribution in [0.25, 0.3) is 15.8 Å². The Hall–Kier alpha value is -1.61. The van der Waals surface area contributed by atoms with Crippen molar-refractivity contribution in [3.05, 3.63) is 40.3 Å². The van der Waals surface area contributed by atoms with E-state index in [1.165, 1.54) is 0 Å². The number of ether oxygens (including phenoxy) is 1. The van der Waals surface area contributed by atoms with E-state index in [1.54, 1.807) is 24.5 Å². The lowest BCUT2D eigenvalue weighted by molar-refractivity contribution is 0.104. The van der Waals surface area contributed by atoms with Crippen molar-refractivity contribution in [2.45, 2.75) is 6.92 Å². The Labute approximate surface area is 97.2 Å². The van der Waals surface area contributed by atoms with Gasteiger partial charge in [-0.05, 0) is 13.0 Å². The van der Waals surface area contributed by atoms with Crippen LogP contribution in [0, 0.1) is 6.92 Å². The Morgan fingerprint density at radius 3 is 2.88 bits per heavy atom. The monoisotopic (exact) mass is 230 g/mol. The molecule has 1 aromatic carbocycles. The summed E-state index contributed by atoms with van der Waals surface area (Å²) < 4.78 is 6.42. The van der Waals surface area contributed by atoms with Crippen LogP contribution in [0.2, 0.25) is 0 Å². The van der Waals surface area contributed by atoms with Crippen molar-refractivity contribution in [3.63, 3.8) is 0 Å². The van der Waals surface area contributed by atoms with Gasteiger partial charge in [0, 0.05) is 32.2 Å². The van der Waals surface area contributed by atoms with Gasteiger partial charge in [-0.1, -0.05) is 12.1 Å². The van der Waals surface area contributed by atoms with Crippen LogP contribution in [0.5, 0.6) is 0 Å². The minimum Gasteiger partial charge on any atom is -0.496 e. The van der Waals surface area contributed by atoms with Crippen LogP contribution in [0.3, 0.4) is 0 Å². The minimum absolute atomic E-state index is 0.0549. The van der Waals surface area contributed by atoms with Gasteiger partial charge in [0.05, 0.1) is 7.11 Å². The van der Waals surface area contributed by atoms with E-state index in [0.717, 1.165) is 26.1 Å². The summed E-state index contributed by atoms with van der Waals surface area (Å²) in [5.74, 6) is 0.722. The Balaban J connectivity index is 2.49. The van der Waals surface area contributed by atoms with Gasteiger partial charge in [-0.3, -0.25) is 4.79 Å². The molecule has 0 saturated heterocycles. The smallest absolute Gasteiger partial charge is 0.191 e. The largest absolute Gasteiger partial charge is 0.496 e. The lowest BCUT2D eigenvalue weighted by atomic mass is 9.95. The molecular formula is C13H10O2S. The zero-order valence-electron chi connectivity index (χ0n) is 9.03. The van der Waals surface area contributed by atoms with Crippen LogP contribution in [-0.4, -0.2) is 12.9 Å². The zero-order valence-corrected chi connectivity index (χ0v) is 9.85. The molecule has 0 fully saturated rings. The molecule has 0 amide bonds. The van der Waals surface area contributed by atoms with Gasteiger partial charge in [0.1, 0.15) is 5.76 Å². The van der Waals surface area contributed by atoms with Gasteiger partial charge in [0.2, 0.25) is 0 Å². The summed E-state index contributed by atoms with van der Waals surface area (Å²) in [4.78, 5) is 13.1. The highest BCUT2D eigenvalue weighted by Gasteiger charge is 2.24. The number of thiophene rings is 1. The second kappa shape index (κ2) is 3.19. The number of carbonyl (C=O) groups excluding carboxylic acids is 1. The fraction of sp³-hybridized carbons (Fsp3) is 0.154. The highest BCUT2D eigenvalue weighted by atomic mass is 32.1. The van der Waals surface area contributed by atoms with Crippen molar-refractivity contribution in [1.82, 2.24) is 0 Å². The van der Waals surface area contributed by atoms with E-state index >= 15 is 0 Å². The molecule has 80 valence electrons. The SMILES string of the molecule is COC1=CC(=O)c2c(C)sc3cccc1c23. The predicted molar refractivity (Wildman–Crippen MR) is 65.9 cm³/mol. The average molecular weight is 230 g/mol. The molecule has 2 nitrogen and oxygen atoms in total. The molecule has 1 aliphatic rings. The first kappa shape index (κ1) is 9.60. The highest BCUT2D eigenvalue weighted by molar-refractivity contribution is 7.19. The van der Waals surface area contributed by atoms with E-state index in [1.807, 2.05) is 25.1 Å². The Morgan fingerprint density at radius 2 is 2.12 bits per heavy atom. The molecule has 0 spiro atoms. The summed E-state index contributed by atoms with van der Waals surface area (Å²) in [6.45, 7) is 1.99. The molecule has 0 bridgehead atoms. The van der Waals surface area contributed by atoms with E-state index in [2.05, 4.69) is 0 Å². The first-order valence-corrected chi connectivity index (χ1v) is 5.86. The van der Waals surface area contributed by atoms with Crippen LogP contribution in [0.4, 0.5) is 0 Å². The number of benzene rings is 1. The third-order valence-electron chi connectivity index (χ3n) is 2.89. The number of methoxy groups -OCH3 is 1. The fourth-order valence-electron chi connectivity index (χ4n) is 2.21. The van der Waals surface area contributed by atoms with Gasteiger partial charge in [0.15, 0.2) is 5.78 Å². The lowest BCUT2D eigenvalue weighted by Gasteiger charge is -2.13. The normalized spacial score (nSPS) is 14.1. The van der Waals surface area contributed by atoms with Gasteiger partial charge in [-0.2, -0.15) is 0 Å². The van der Waals surface area contributed by atoms with Gasteiger partial charge >= 0.3 is 0 Å². The molecule has 0 N–H and O–H groups in total. The number of aryl methyl sites for hydroxylation is 1. The summed E-state index contributed by atoms with van der Waals surface area (Å²) in [5, 5.41) is 1.05. The lowest BCUT2D eigenvalue weighted by Crippen LogP contribution is -2.05. The summed E-state index contributed by atoms with van der Waals surface area (Å²) in [7, 11) is 1.60. The van der Waals surface area contributed by atoms with Crippen molar-refractivity contribution < 1.29 is 9.53 Å². The van der Waals surface area contributed by atoms with Crippen molar-refractivity contribution in [3.8, 4) is 0 Å². The summed E-state index contributed by atoms with van der Waals surface area (Å²) in [6.07, 6.45) is 1.58. The predicted octanol–water partition coefficient (Wildman–Crippen LogP) is 3.39. The topological polar surface area (TPSA) is 26.3 Å². The molecule has 0 unspecified atom stereocenters. The molecular weight excluding hydrogens is 220 g/mol. The molecule has 2 aromatic rings. The van der Waals surface area contributed by atoms with E-state index < -0.39 is 0 Å². The molecule has 1 aliphatic carbocycles. The van der Waals surface area contributed by atoms with Crippen LogP contribution in [0.15, 0.2) is 24.3 Å². The van der Waals surface area contributed by atoms with Gasteiger partial charge < -0.3 is 4.74 Å². The van der Waals surface area contributed by atoms with Crippen molar-refractivity contribution in [1.29, 1.82) is 0 Å². The number of hydrogen-bond donors (Lipinski definition) is 0. The molecule has 1 heterocycles. The van der Waals surface area contributed by atoms with Gasteiger partial charge in [-0.15, -0.1) is 11.3 Å². The van der Waals surface area contributed by atoms with Gasteiger partial charge in [-0.25, -0.2) is 0 Å². The number of carbonyl (C=O) groups is 1. The fourth-order valence-corrected chi connectivity index (χ4v) is 3.30. The van der Waals surface area contributed by atoms with Crippen LogP contribution in [0.1, 0.15) is 20.8 Å². The maximum atomic E-state index is 12.0. The molecule has 0 saturated carbocycles. The Bertz CT molecular complexity index is 635. The second-order valence-corrected chi connectivity index (χ2v) is 5.05. The molecule has 3 heteroatoms. The maximum absolute atomic E-state index is 12.0. The Morgan fingerprint density at radius 1 is 1.31 bits per heavy atom. The van der Waals surface area contributed by atoms with Crippen LogP contribution in [-0.2, 0) is 4.74 Å². The third-order valence-corrected chi connectivity index (χ3v) is 3.96. The summed E-state index contributed by atoms with van der Waals surface area (Å²) >= 11 is 1.66. The van der Waals surface area contributed by atoms with E-state index in [0.29, 0.717) is 5.76 Å². The molecule has 0 aliphatic heterocycles. The average Bonchev–Trinajstić information content (AvgIpc) is 2.61. The minimum atomic E-state index is 0.0549. The third kappa shape index (κ3) is 1.09. The van der Waals surface area contributed by atoms with Crippen molar-refractivity contribution >= 4 is 33.0 Å². The molecule has 0 atom stereocenters. The van der Waals surface area contributed by atoms with Crippen LogP contribution >= 0.6 is 11.3 Å². The molecule has 16 heavy (non-hydrogen) atoms. The highest BCUT2D eigenvalue weighted by Crippen LogP contribution is 2.39. The molecule has 0 radical (unpaired) electrons. The number of rotatable bonds is 1. The number of hydrogen-bond acceptors (Lipinski definition) is 3. The van der Waals surface area contributed by atoms with E-state index in [4.69, 9.17) is 4.74 Å². The van der Waals surface area contributed by atoms with E-state index in [9.17, 15) is 4.79 Å². The number of ketones is 1. The quantitative estimate of drug-likeness (QED) is 0.750. The van der Waals surface area contributed by atoms with E-state index in [-0.39, 0.29) is 5.78 Å². The van der Waals surface area contributed by atoms with Crippen LogP contribution < -0.4 is 0 Å². The second-order valence-electron chi connectivity index (χ2n) is 3.79. The maximum Gasteiger partial charge on any atom is 0.191 e. The molecule has 3 rings (SSSR count). The zero-order chi connectivity index (χ0) is 11.3. The Kier molecular flexibility index (Phi) is 1.91. The van der Waals surface area contributed by atoms with Crippen molar-refractivity contribution in [2.75, 3.05) is 7.11 Å². The summed E-state index contributed by atoms with van der Waals surface area (Å²) in [5.41, 5.74) is 1.87. The number of allylic oxidation sites excluding steroid dienone is 1. The van der Waals surface area contributed by atoms with Gasteiger partial charge in [0.25, 0.3) is 0 Å². The van der Waals surface area contributed by atoms with Crippen molar-refractivity contribution in [2.24, 2.45) is 0 Å². The first-order chi connectivity index (χ1) is 7.72.